The molecule has 0 unspecified atom stereocenters. The smallest absolute Gasteiger partial charge is 0.404 e. The number of sulfonamides is 1. The first-order valence-corrected chi connectivity index (χ1v) is 8.08. The number of anilines is 1. The molecule has 0 spiro atoms. The monoisotopic (exact) mass is 395 g/mol. The van der Waals surface area contributed by atoms with E-state index in [0.717, 1.165) is 12.1 Å². The van der Waals surface area contributed by atoms with E-state index in [1.54, 1.807) is 18.2 Å². The summed E-state index contributed by atoms with van der Waals surface area (Å²) in [7, 11) is -4.23. The van der Waals surface area contributed by atoms with Crippen LogP contribution in [0.1, 0.15) is 0 Å². The largest absolute Gasteiger partial charge is 0.573 e. The van der Waals surface area contributed by atoms with E-state index in [4.69, 9.17) is 0 Å². The molecule has 2 aromatic carbocycles. The Hall–Kier alpha value is -1.74. The van der Waals surface area contributed by atoms with Crippen molar-refractivity contribution in [2.75, 3.05) is 4.72 Å². The van der Waals surface area contributed by atoms with E-state index in [1.807, 2.05) is 0 Å². The van der Waals surface area contributed by atoms with Crippen LogP contribution in [0, 0.1) is 0 Å². The van der Waals surface area contributed by atoms with Crippen molar-refractivity contribution in [3.8, 4) is 5.75 Å². The predicted molar refractivity (Wildman–Crippen MR) is 78.1 cm³/mol. The minimum Gasteiger partial charge on any atom is -0.404 e. The van der Waals surface area contributed by atoms with E-state index in [1.165, 1.54) is 18.2 Å². The van der Waals surface area contributed by atoms with Crippen LogP contribution in [0.2, 0.25) is 0 Å². The maximum Gasteiger partial charge on any atom is 0.573 e. The van der Waals surface area contributed by atoms with Crippen molar-refractivity contribution in [3.63, 3.8) is 0 Å². The Labute approximate surface area is 133 Å². The van der Waals surface area contributed by atoms with Crippen LogP contribution in [-0.4, -0.2) is 14.8 Å². The average molecular weight is 396 g/mol. The molecule has 0 saturated heterocycles. The number of nitrogens with one attached hydrogen (secondary N) is 1. The highest BCUT2D eigenvalue weighted by molar-refractivity contribution is 9.10. The second-order valence-corrected chi connectivity index (χ2v) is 6.68. The summed E-state index contributed by atoms with van der Waals surface area (Å²) >= 11 is 2.97. The van der Waals surface area contributed by atoms with Crippen molar-refractivity contribution in [1.29, 1.82) is 0 Å². The minimum atomic E-state index is -5.00. The molecule has 0 radical (unpaired) electrons. The van der Waals surface area contributed by atoms with Gasteiger partial charge in [0.25, 0.3) is 10.0 Å². The fraction of sp³-hybridized carbons (Fsp3) is 0.0769. The van der Waals surface area contributed by atoms with Crippen LogP contribution in [0.3, 0.4) is 0 Å². The topological polar surface area (TPSA) is 55.4 Å². The van der Waals surface area contributed by atoms with Crippen LogP contribution < -0.4 is 9.46 Å². The van der Waals surface area contributed by atoms with Crippen LogP contribution in [0.15, 0.2) is 57.9 Å². The molecule has 9 heteroatoms. The molecule has 0 amide bonds. The summed E-state index contributed by atoms with van der Waals surface area (Å²) in [6.07, 6.45) is -5.00. The van der Waals surface area contributed by atoms with Gasteiger partial charge in [0.15, 0.2) is 5.75 Å². The average Bonchev–Trinajstić information content (AvgIpc) is 2.37. The van der Waals surface area contributed by atoms with Gasteiger partial charge in [-0.15, -0.1) is 13.2 Å². The van der Waals surface area contributed by atoms with Crippen molar-refractivity contribution in [3.05, 3.63) is 53.0 Å². The lowest BCUT2D eigenvalue weighted by Gasteiger charge is -2.15. The zero-order valence-electron chi connectivity index (χ0n) is 10.8. The summed E-state index contributed by atoms with van der Waals surface area (Å²) in [5.74, 6) is -0.815. The molecule has 0 atom stereocenters. The number of hydrogen-bond donors (Lipinski definition) is 1. The molecule has 0 aliphatic carbocycles. The van der Waals surface area contributed by atoms with Crippen molar-refractivity contribution in [1.82, 2.24) is 0 Å². The van der Waals surface area contributed by atoms with Crippen molar-refractivity contribution in [2.24, 2.45) is 0 Å². The summed E-state index contributed by atoms with van der Waals surface area (Å²) in [5.41, 5.74) is 0.225. The first kappa shape index (κ1) is 16.6. The highest BCUT2D eigenvalue weighted by atomic mass is 79.9. The number of ether oxygens (including phenoxy) is 1. The number of alkyl halides is 3. The summed E-state index contributed by atoms with van der Waals surface area (Å²) in [6, 6.07) is 11.1. The van der Waals surface area contributed by atoms with Crippen LogP contribution in [0.4, 0.5) is 18.9 Å². The molecule has 2 rings (SSSR count). The van der Waals surface area contributed by atoms with Gasteiger partial charge in [0, 0.05) is 10.2 Å². The van der Waals surface area contributed by atoms with Gasteiger partial charge in [0.1, 0.15) is 4.90 Å². The molecule has 0 heterocycles. The molecule has 0 aliphatic rings. The number of para-hydroxylation sites is 1. The molecule has 1 N–H and O–H groups in total. The van der Waals surface area contributed by atoms with E-state index in [9.17, 15) is 21.6 Å². The van der Waals surface area contributed by atoms with Gasteiger partial charge in [-0.25, -0.2) is 8.42 Å². The zero-order chi connectivity index (χ0) is 16.4. The Morgan fingerprint density at radius 2 is 1.68 bits per heavy atom. The highest BCUT2D eigenvalue weighted by Gasteiger charge is 2.34. The third-order valence-electron chi connectivity index (χ3n) is 2.45. The standard InChI is InChI=1S/C13H9BrF3NO3S/c14-9-6-7-12(11(8-9)21-13(15,16)17)22(19,20)18-10-4-2-1-3-5-10/h1-8,18H. The van der Waals surface area contributed by atoms with Gasteiger partial charge in [0.2, 0.25) is 0 Å². The molecule has 118 valence electrons. The molecule has 2 aromatic rings. The second-order valence-electron chi connectivity index (χ2n) is 4.11. The highest BCUT2D eigenvalue weighted by Crippen LogP contribution is 2.33. The molecule has 0 aliphatic heterocycles. The molecule has 4 nitrogen and oxygen atoms in total. The third kappa shape index (κ3) is 4.38. The predicted octanol–water partition coefficient (Wildman–Crippen LogP) is 4.15. The van der Waals surface area contributed by atoms with Crippen LogP contribution in [-0.2, 0) is 10.0 Å². The zero-order valence-corrected chi connectivity index (χ0v) is 13.2. The van der Waals surface area contributed by atoms with E-state index in [2.05, 4.69) is 25.4 Å². The number of halogens is 4. The first-order valence-electron chi connectivity index (χ1n) is 5.80. The maximum atomic E-state index is 12.4. The summed E-state index contributed by atoms with van der Waals surface area (Å²) < 4.78 is 68.0. The maximum absolute atomic E-state index is 12.4. The number of benzene rings is 2. The second kappa shape index (κ2) is 6.17. The number of rotatable bonds is 4. The van der Waals surface area contributed by atoms with Gasteiger partial charge in [-0.3, -0.25) is 4.72 Å². The Morgan fingerprint density at radius 3 is 2.27 bits per heavy atom. The molecular formula is C13H9BrF3NO3S. The minimum absolute atomic E-state index is 0.225. The lowest BCUT2D eigenvalue weighted by molar-refractivity contribution is -0.275. The van der Waals surface area contributed by atoms with Crippen molar-refractivity contribution < 1.29 is 26.3 Å². The van der Waals surface area contributed by atoms with E-state index < -0.39 is 27.0 Å². The Morgan fingerprint density at radius 1 is 1.05 bits per heavy atom. The van der Waals surface area contributed by atoms with Gasteiger partial charge >= 0.3 is 6.36 Å². The Bertz CT molecular complexity index is 764. The molecule has 0 aromatic heterocycles. The third-order valence-corrected chi connectivity index (χ3v) is 4.36. The molecular weight excluding hydrogens is 387 g/mol. The van der Waals surface area contributed by atoms with E-state index >= 15 is 0 Å². The fourth-order valence-corrected chi connectivity index (χ4v) is 3.13. The van der Waals surface area contributed by atoms with Gasteiger partial charge < -0.3 is 4.74 Å². The van der Waals surface area contributed by atoms with E-state index in [-0.39, 0.29) is 10.2 Å². The molecule has 0 fully saturated rings. The van der Waals surface area contributed by atoms with Crippen LogP contribution in [0.25, 0.3) is 0 Å². The number of hydrogen-bond acceptors (Lipinski definition) is 3. The molecule has 22 heavy (non-hydrogen) atoms. The summed E-state index contributed by atoms with van der Waals surface area (Å²) in [4.78, 5) is -0.614. The normalized spacial score (nSPS) is 12.0. The van der Waals surface area contributed by atoms with Crippen molar-refractivity contribution >= 4 is 31.6 Å². The molecule has 0 saturated carbocycles. The van der Waals surface area contributed by atoms with Gasteiger partial charge in [-0.1, -0.05) is 34.1 Å². The lowest BCUT2D eigenvalue weighted by Crippen LogP contribution is -2.21. The summed E-state index contributed by atoms with van der Waals surface area (Å²) in [6.45, 7) is 0. The van der Waals surface area contributed by atoms with Gasteiger partial charge in [0.05, 0.1) is 0 Å². The fourth-order valence-electron chi connectivity index (χ4n) is 1.62. The van der Waals surface area contributed by atoms with Crippen LogP contribution >= 0.6 is 15.9 Å². The SMILES string of the molecule is O=S(=O)(Nc1ccccc1)c1ccc(Br)cc1OC(F)(F)F. The first-order chi connectivity index (χ1) is 10.2. The van der Waals surface area contributed by atoms with Gasteiger partial charge in [-0.05, 0) is 30.3 Å². The molecule has 0 bridgehead atoms. The van der Waals surface area contributed by atoms with E-state index in [0.29, 0.717) is 0 Å². The lowest BCUT2D eigenvalue weighted by atomic mass is 10.3. The van der Waals surface area contributed by atoms with Crippen molar-refractivity contribution in [2.45, 2.75) is 11.3 Å². The van der Waals surface area contributed by atoms with Gasteiger partial charge in [-0.2, -0.15) is 0 Å². The Balaban J connectivity index is 2.42. The van der Waals surface area contributed by atoms with Crippen LogP contribution in [0.5, 0.6) is 5.75 Å². The summed E-state index contributed by atoms with van der Waals surface area (Å²) in [5, 5.41) is 0. The Kier molecular flexibility index (Phi) is 4.66. The quantitative estimate of drug-likeness (QED) is 0.845.